The summed E-state index contributed by atoms with van der Waals surface area (Å²) in [4.78, 5) is 25.3. The Balaban J connectivity index is 2.03. The molecule has 3 rings (SSSR count). The Morgan fingerprint density at radius 3 is 3.28 bits per heavy atom. The van der Waals surface area contributed by atoms with E-state index in [1.165, 1.54) is 13.4 Å². The second-order valence-electron chi connectivity index (χ2n) is 4.31. The van der Waals surface area contributed by atoms with E-state index in [1.54, 1.807) is 0 Å². The number of carbonyl (C=O) groups excluding carboxylic acids is 1. The molecular weight excluding hydrogens is 232 g/mol. The molecule has 1 aliphatic heterocycles. The number of carbonyl (C=O) groups is 1. The van der Waals surface area contributed by atoms with E-state index in [-0.39, 0.29) is 12.0 Å². The number of methoxy groups -OCH3 is 1. The molecule has 94 valence electrons. The highest BCUT2D eigenvalue weighted by Crippen LogP contribution is 2.29. The van der Waals surface area contributed by atoms with Crippen LogP contribution in [-0.2, 0) is 9.53 Å². The molecule has 0 unspecified atom stereocenters. The Hall–Kier alpha value is -2.11. The van der Waals surface area contributed by atoms with Crippen LogP contribution in [0.2, 0.25) is 0 Å². The fraction of sp³-hybridized carbons (Fsp3) is 0.417. The maximum atomic E-state index is 11.8. The number of nitrogens with one attached hydrogen (secondary N) is 1. The molecule has 0 bridgehead atoms. The average Bonchev–Trinajstić information content (AvgIpc) is 3.05. The molecule has 1 saturated heterocycles. The van der Waals surface area contributed by atoms with Crippen molar-refractivity contribution in [2.75, 3.05) is 18.6 Å². The number of aromatic nitrogens is 3. The minimum atomic E-state index is -0.233. The summed E-state index contributed by atoms with van der Waals surface area (Å²) in [6.45, 7) is 0.817. The van der Waals surface area contributed by atoms with Crippen molar-refractivity contribution < 1.29 is 9.53 Å². The molecule has 0 radical (unpaired) electrons. The molecule has 1 fully saturated rings. The van der Waals surface area contributed by atoms with E-state index < -0.39 is 0 Å². The molecule has 3 heterocycles. The molecule has 6 nitrogen and oxygen atoms in total. The highest BCUT2D eigenvalue weighted by Gasteiger charge is 2.33. The smallest absolute Gasteiger partial charge is 0.328 e. The van der Waals surface area contributed by atoms with E-state index in [0.29, 0.717) is 0 Å². The lowest BCUT2D eigenvalue weighted by Crippen LogP contribution is -2.37. The SMILES string of the molecule is COC(=O)[C@H]1CCCN1c1ncnc2[nH]ccc12. The summed E-state index contributed by atoms with van der Waals surface area (Å²) >= 11 is 0. The quantitative estimate of drug-likeness (QED) is 0.803. The first-order valence-electron chi connectivity index (χ1n) is 5.94. The summed E-state index contributed by atoms with van der Waals surface area (Å²) in [5.41, 5.74) is 0.788. The molecule has 1 atom stereocenters. The van der Waals surface area contributed by atoms with Crippen LogP contribution in [0, 0.1) is 0 Å². The van der Waals surface area contributed by atoms with Crippen molar-refractivity contribution in [2.24, 2.45) is 0 Å². The summed E-state index contributed by atoms with van der Waals surface area (Å²) < 4.78 is 4.85. The summed E-state index contributed by atoms with van der Waals surface area (Å²) in [5.74, 6) is 0.601. The second-order valence-corrected chi connectivity index (χ2v) is 4.31. The van der Waals surface area contributed by atoms with Crippen LogP contribution < -0.4 is 4.90 Å². The van der Waals surface area contributed by atoms with Crippen LogP contribution >= 0.6 is 0 Å². The lowest BCUT2D eigenvalue weighted by atomic mass is 10.2. The third-order valence-corrected chi connectivity index (χ3v) is 3.33. The van der Waals surface area contributed by atoms with Crippen LogP contribution in [0.3, 0.4) is 0 Å². The third-order valence-electron chi connectivity index (χ3n) is 3.33. The first kappa shape index (κ1) is 11.0. The highest BCUT2D eigenvalue weighted by atomic mass is 16.5. The van der Waals surface area contributed by atoms with E-state index in [1.807, 2.05) is 17.2 Å². The van der Waals surface area contributed by atoms with Gasteiger partial charge in [-0.05, 0) is 18.9 Å². The lowest BCUT2D eigenvalue weighted by molar-refractivity contribution is -0.141. The Bertz CT molecular complexity index is 580. The van der Waals surface area contributed by atoms with Gasteiger partial charge in [0.2, 0.25) is 0 Å². The number of hydrogen-bond donors (Lipinski definition) is 1. The Morgan fingerprint density at radius 1 is 1.56 bits per heavy atom. The molecule has 0 aromatic carbocycles. The van der Waals surface area contributed by atoms with E-state index in [0.717, 1.165) is 36.2 Å². The number of esters is 1. The van der Waals surface area contributed by atoms with Gasteiger partial charge in [0.1, 0.15) is 23.8 Å². The van der Waals surface area contributed by atoms with Gasteiger partial charge in [-0.25, -0.2) is 14.8 Å². The van der Waals surface area contributed by atoms with Gasteiger partial charge in [0, 0.05) is 12.7 Å². The fourth-order valence-corrected chi connectivity index (χ4v) is 2.49. The van der Waals surface area contributed by atoms with Crippen LogP contribution in [0.25, 0.3) is 11.0 Å². The minimum absolute atomic E-state index is 0.199. The van der Waals surface area contributed by atoms with E-state index in [4.69, 9.17) is 4.74 Å². The van der Waals surface area contributed by atoms with Crippen LogP contribution in [0.4, 0.5) is 5.82 Å². The van der Waals surface area contributed by atoms with Gasteiger partial charge in [0.25, 0.3) is 0 Å². The van der Waals surface area contributed by atoms with Crippen molar-refractivity contribution in [3.63, 3.8) is 0 Å². The van der Waals surface area contributed by atoms with Gasteiger partial charge in [-0.1, -0.05) is 0 Å². The number of ether oxygens (including phenoxy) is 1. The third kappa shape index (κ3) is 1.61. The first-order chi connectivity index (χ1) is 8.81. The molecule has 18 heavy (non-hydrogen) atoms. The van der Waals surface area contributed by atoms with Gasteiger partial charge in [0.15, 0.2) is 0 Å². The molecule has 0 amide bonds. The standard InChI is InChI=1S/C12H14N4O2/c1-18-12(17)9-3-2-6-16(9)11-8-4-5-13-10(8)14-7-15-11/h4-5,7,9H,2-3,6H2,1H3,(H,13,14,15)/t9-/m1/s1. The number of hydrogen-bond acceptors (Lipinski definition) is 5. The molecule has 0 saturated carbocycles. The molecule has 1 aliphatic rings. The van der Waals surface area contributed by atoms with E-state index in [2.05, 4.69) is 15.0 Å². The van der Waals surface area contributed by atoms with Crippen molar-refractivity contribution in [1.29, 1.82) is 0 Å². The van der Waals surface area contributed by atoms with Gasteiger partial charge in [-0.3, -0.25) is 0 Å². The maximum Gasteiger partial charge on any atom is 0.328 e. The number of rotatable bonds is 2. The van der Waals surface area contributed by atoms with E-state index >= 15 is 0 Å². The first-order valence-corrected chi connectivity index (χ1v) is 5.94. The molecule has 2 aromatic heterocycles. The zero-order chi connectivity index (χ0) is 12.5. The summed E-state index contributed by atoms with van der Waals surface area (Å²) in [6.07, 6.45) is 5.12. The van der Waals surface area contributed by atoms with E-state index in [9.17, 15) is 4.79 Å². The minimum Gasteiger partial charge on any atom is -0.467 e. The number of nitrogens with zero attached hydrogens (tertiary/aromatic N) is 3. The Labute approximate surface area is 104 Å². The van der Waals surface area contributed by atoms with Gasteiger partial charge >= 0.3 is 5.97 Å². The van der Waals surface area contributed by atoms with Crippen LogP contribution in [0.15, 0.2) is 18.6 Å². The summed E-state index contributed by atoms with van der Waals surface area (Å²) in [6, 6.07) is 1.69. The van der Waals surface area contributed by atoms with Crippen molar-refractivity contribution in [3.05, 3.63) is 18.6 Å². The number of H-pyrrole nitrogens is 1. The van der Waals surface area contributed by atoms with Gasteiger partial charge in [-0.15, -0.1) is 0 Å². The predicted molar refractivity (Wildman–Crippen MR) is 66.3 cm³/mol. The van der Waals surface area contributed by atoms with Crippen LogP contribution in [-0.4, -0.2) is 40.6 Å². The molecule has 6 heteroatoms. The normalized spacial score (nSPS) is 19.4. The number of anilines is 1. The fourth-order valence-electron chi connectivity index (χ4n) is 2.49. The van der Waals surface area contributed by atoms with Crippen molar-refractivity contribution in [2.45, 2.75) is 18.9 Å². The zero-order valence-electron chi connectivity index (χ0n) is 10.1. The van der Waals surface area contributed by atoms with Gasteiger partial charge < -0.3 is 14.6 Å². The van der Waals surface area contributed by atoms with Crippen molar-refractivity contribution in [1.82, 2.24) is 15.0 Å². The molecule has 0 spiro atoms. The van der Waals surface area contributed by atoms with Crippen LogP contribution in [0.1, 0.15) is 12.8 Å². The molecule has 2 aromatic rings. The second kappa shape index (κ2) is 4.29. The Kier molecular flexibility index (Phi) is 2.62. The summed E-state index contributed by atoms with van der Waals surface area (Å²) in [7, 11) is 1.42. The molecular formula is C12H14N4O2. The number of fused-ring (bicyclic) bond motifs is 1. The largest absolute Gasteiger partial charge is 0.467 e. The van der Waals surface area contributed by atoms with Crippen molar-refractivity contribution in [3.8, 4) is 0 Å². The van der Waals surface area contributed by atoms with Gasteiger partial charge in [0.05, 0.1) is 12.5 Å². The molecule has 1 N–H and O–H groups in total. The maximum absolute atomic E-state index is 11.8. The summed E-state index contributed by atoms with van der Waals surface area (Å²) in [5, 5.41) is 0.938. The molecule has 0 aliphatic carbocycles. The average molecular weight is 246 g/mol. The van der Waals surface area contributed by atoms with Gasteiger partial charge in [-0.2, -0.15) is 0 Å². The zero-order valence-corrected chi connectivity index (χ0v) is 10.1. The number of aromatic amines is 1. The predicted octanol–water partition coefficient (Wildman–Crippen LogP) is 1.10. The highest BCUT2D eigenvalue weighted by molar-refractivity contribution is 5.90. The monoisotopic (exact) mass is 246 g/mol. The lowest BCUT2D eigenvalue weighted by Gasteiger charge is -2.23. The Morgan fingerprint density at radius 2 is 2.44 bits per heavy atom. The van der Waals surface area contributed by atoms with Crippen LogP contribution in [0.5, 0.6) is 0 Å². The van der Waals surface area contributed by atoms with Crippen molar-refractivity contribution >= 4 is 22.8 Å². The topological polar surface area (TPSA) is 71.1 Å².